The van der Waals surface area contributed by atoms with E-state index < -0.39 is 6.85 Å². The highest BCUT2D eigenvalue weighted by molar-refractivity contribution is 6.11. The number of aryl methyl sites for hydroxylation is 2. The van der Waals surface area contributed by atoms with Gasteiger partial charge in [-0.05, 0) is 66.6 Å². The molecule has 0 N–H and O–H groups in total. The van der Waals surface area contributed by atoms with Crippen LogP contribution in [0.3, 0.4) is 0 Å². The fourth-order valence-corrected chi connectivity index (χ4v) is 5.41. The van der Waals surface area contributed by atoms with Gasteiger partial charge in [0.15, 0.2) is 0 Å². The molecule has 2 aromatic heterocycles. The van der Waals surface area contributed by atoms with E-state index >= 15 is 0 Å². The highest BCUT2D eigenvalue weighted by Crippen LogP contribution is 2.42. The number of rotatable bonds is 4. The molecule has 6 rings (SSSR count). The van der Waals surface area contributed by atoms with Crippen LogP contribution in [-0.4, -0.2) is 9.55 Å². The molecule has 0 aliphatic rings. The molecule has 0 amide bonds. The molecule has 4 aromatic carbocycles. The van der Waals surface area contributed by atoms with Crippen LogP contribution in [0, 0.1) is 13.8 Å². The molecule has 0 aliphatic carbocycles. The van der Waals surface area contributed by atoms with E-state index in [1.165, 1.54) is 16.7 Å². The van der Waals surface area contributed by atoms with Crippen LogP contribution in [0.15, 0.2) is 77.2 Å². The molecule has 180 valence electrons. The van der Waals surface area contributed by atoms with Gasteiger partial charge >= 0.3 is 0 Å². The zero-order valence-corrected chi connectivity index (χ0v) is 21.4. The lowest BCUT2D eigenvalue weighted by atomic mass is 9.90. The molecule has 0 radical (unpaired) electrons. The number of nitrogens with zero attached hydrogens (tertiary/aromatic N) is 2. The van der Waals surface area contributed by atoms with Gasteiger partial charge in [0.25, 0.3) is 0 Å². The second-order valence-corrected chi connectivity index (χ2v) is 10.3. The van der Waals surface area contributed by atoms with Gasteiger partial charge in [0.05, 0.1) is 22.3 Å². The number of para-hydroxylation sites is 3. The van der Waals surface area contributed by atoms with Crippen molar-refractivity contribution in [1.29, 1.82) is 0 Å². The van der Waals surface area contributed by atoms with Crippen LogP contribution >= 0.6 is 0 Å². The van der Waals surface area contributed by atoms with Gasteiger partial charge in [0.2, 0.25) is 0 Å². The maximum Gasteiger partial charge on any atom is 0.149 e. The van der Waals surface area contributed by atoms with Crippen molar-refractivity contribution >= 4 is 33.0 Å². The van der Waals surface area contributed by atoms with E-state index in [-0.39, 0.29) is 17.4 Å². The molecule has 0 unspecified atom stereocenters. The highest BCUT2D eigenvalue weighted by Gasteiger charge is 2.25. The van der Waals surface area contributed by atoms with E-state index in [1.807, 2.05) is 48.5 Å². The van der Waals surface area contributed by atoms with E-state index in [4.69, 9.17) is 13.5 Å². The molecule has 0 atom stereocenters. The lowest BCUT2D eigenvalue weighted by Crippen LogP contribution is -2.09. The Kier molecular flexibility index (Phi) is 4.50. The van der Waals surface area contributed by atoms with Gasteiger partial charge in [0.1, 0.15) is 17.0 Å². The molecule has 36 heavy (non-hydrogen) atoms. The third kappa shape index (κ3) is 3.37. The smallest absolute Gasteiger partial charge is 0.149 e. The molecule has 0 saturated heterocycles. The molecule has 2 heterocycles. The van der Waals surface area contributed by atoms with Crippen molar-refractivity contribution < 1.29 is 8.53 Å². The van der Waals surface area contributed by atoms with Gasteiger partial charge in [-0.15, -0.1) is 0 Å². The van der Waals surface area contributed by atoms with E-state index in [0.717, 1.165) is 33.5 Å². The van der Waals surface area contributed by atoms with Crippen molar-refractivity contribution in [3.63, 3.8) is 0 Å². The number of benzene rings is 4. The summed E-state index contributed by atoms with van der Waals surface area (Å²) in [5.41, 5.74) is 9.03. The van der Waals surface area contributed by atoms with Gasteiger partial charge in [-0.1, -0.05) is 81.8 Å². The Labute approximate surface area is 216 Å². The minimum absolute atomic E-state index is 0.287. The van der Waals surface area contributed by atoms with Crippen LogP contribution in [0.5, 0.6) is 0 Å². The fourth-order valence-electron chi connectivity index (χ4n) is 5.41. The van der Waals surface area contributed by atoms with Crippen LogP contribution < -0.4 is 0 Å². The second kappa shape index (κ2) is 8.37. The molecule has 0 bridgehead atoms. The minimum Gasteiger partial charge on any atom is -0.455 e. The molecule has 3 heteroatoms. The van der Waals surface area contributed by atoms with Crippen LogP contribution in [-0.2, 0) is 0 Å². The van der Waals surface area contributed by atoms with Gasteiger partial charge in [-0.25, -0.2) is 4.98 Å². The maximum atomic E-state index is 8.25. The van der Waals surface area contributed by atoms with Crippen molar-refractivity contribution in [3.05, 3.63) is 95.1 Å². The normalized spacial score (nSPS) is 13.7. The van der Waals surface area contributed by atoms with Gasteiger partial charge < -0.3 is 4.42 Å². The first kappa shape index (κ1) is 19.4. The van der Waals surface area contributed by atoms with Crippen molar-refractivity contribution in [1.82, 2.24) is 9.55 Å². The summed E-state index contributed by atoms with van der Waals surface area (Å²) in [6, 6.07) is 23.9. The SMILES string of the molecule is [2H]C([2H])([2H])c1ccc(-c2nc3ccccc3n2-c2c(C(C)C)cc(C)cc2C(C)C)c2oc3ccccc3c12. The number of hydrogen-bond donors (Lipinski definition) is 0. The predicted octanol–water partition coefficient (Wildman–Crippen LogP) is 9.46. The molecular formula is C33H32N2O. The number of aromatic nitrogens is 2. The standard InChI is InChI=1S/C33H32N2O/c1-19(2)25-17-21(5)18-26(20(3)4)31(25)35-28-13-9-8-12-27(28)34-33(35)24-16-15-22(6)30-23-11-7-10-14-29(23)36-32(24)30/h7-20H,1-6H3/i6D3. The number of fused-ring (bicyclic) bond motifs is 4. The molecule has 0 saturated carbocycles. The van der Waals surface area contributed by atoms with E-state index in [1.54, 1.807) is 6.07 Å². The quantitative estimate of drug-likeness (QED) is 0.254. The molecule has 0 fully saturated rings. The second-order valence-electron chi connectivity index (χ2n) is 10.3. The number of furan rings is 1. The average Bonchev–Trinajstić information content (AvgIpc) is 3.46. The summed E-state index contributed by atoms with van der Waals surface area (Å²) in [7, 11) is 0. The van der Waals surface area contributed by atoms with E-state index in [9.17, 15) is 0 Å². The van der Waals surface area contributed by atoms with Crippen molar-refractivity contribution in [2.75, 3.05) is 0 Å². The van der Waals surface area contributed by atoms with Crippen molar-refractivity contribution in [3.8, 4) is 17.1 Å². The average molecular weight is 476 g/mol. The Balaban J connectivity index is 1.79. The monoisotopic (exact) mass is 475 g/mol. The lowest BCUT2D eigenvalue weighted by Gasteiger charge is -2.23. The van der Waals surface area contributed by atoms with E-state index in [0.29, 0.717) is 16.6 Å². The first-order valence-electron chi connectivity index (χ1n) is 14.1. The first-order chi connectivity index (χ1) is 18.6. The Morgan fingerprint density at radius 2 is 1.56 bits per heavy atom. The van der Waals surface area contributed by atoms with Crippen LogP contribution in [0.25, 0.3) is 50.0 Å². The predicted molar refractivity (Wildman–Crippen MR) is 151 cm³/mol. The van der Waals surface area contributed by atoms with Crippen molar-refractivity contribution in [2.45, 2.75) is 53.3 Å². The third-order valence-corrected chi connectivity index (χ3v) is 7.11. The Morgan fingerprint density at radius 3 is 2.28 bits per heavy atom. The summed E-state index contributed by atoms with van der Waals surface area (Å²) in [5.74, 6) is 1.32. The largest absolute Gasteiger partial charge is 0.455 e. The zero-order valence-electron chi connectivity index (χ0n) is 24.4. The first-order valence-corrected chi connectivity index (χ1v) is 12.6. The Bertz CT molecular complexity index is 1840. The molecular weight excluding hydrogens is 440 g/mol. The minimum atomic E-state index is -2.28. The Hall–Kier alpha value is -3.85. The van der Waals surface area contributed by atoms with Crippen LogP contribution in [0.4, 0.5) is 0 Å². The number of hydrogen-bond acceptors (Lipinski definition) is 2. The van der Waals surface area contributed by atoms with Gasteiger partial charge in [-0.2, -0.15) is 0 Å². The van der Waals surface area contributed by atoms with Gasteiger partial charge in [-0.3, -0.25) is 4.57 Å². The van der Waals surface area contributed by atoms with Crippen molar-refractivity contribution in [2.24, 2.45) is 0 Å². The zero-order chi connectivity index (χ0) is 27.6. The summed E-state index contributed by atoms with van der Waals surface area (Å²) in [5, 5.41) is 1.42. The maximum absolute atomic E-state index is 8.25. The topological polar surface area (TPSA) is 31.0 Å². The number of imidazole rings is 1. The third-order valence-electron chi connectivity index (χ3n) is 7.11. The van der Waals surface area contributed by atoms with E-state index in [2.05, 4.69) is 57.4 Å². The summed E-state index contributed by atoms with van der Waals surface area (Å²) >= 11 is 0. The molecule has 6 aromatic rings. The Morgan fingerprint density at radius 1 is 0.861 bits per heavy atom. The molecule has 0 spiro atoms. The summed E-state index contributed by atoms with van der Waals surface area (Å²) in [6.45, 7) is 8.77. The molecule has 3 nitrogen and oxygen atoms in total. The summed E-state index contributed by atoms with van der Waals surface area (Å²) < 4.78 is 33.4. The highest BCUT2D eigenvalue weighted by atomic mass is 16.3. The lowest BCUT2D eigenvalue weighted by molar-refractivity contribution is 0.669. The fraction of sp³-hybridized carbons (Fsp3) is 0.242. The van der Waals surface area contributed by atoms with Crippen LogP contribution in [0.2, 0.25) is 0 Å². The molecule has 0 aliphatic heterocycles. The van der Waals surface area contributed by atoms with Crippen LogP contribution in [0.1, 0.15) is 65.9 Å². The summed E-state index contributed by atoms with van der Waals surface area (Å²) in [4.78, 5) is 5.16. The van der Waals surface area contributed by atoms with Gasteiger partial charge in [0, 0.05) is 14.9 Å². The summed E-state index contributed by atoms with van der Waals surface area (Å²) in [6.07, 6.45) is 0.